The van der Waals surface area contributed by atoms with Gasteiger partial charge in [0.2, 0.25) is 26.6 Å². The quantitative estimate of drug-likeness (QED) is 0.389. The average molecular weight is 447 g/mol. The predicted molar refractivity (Wildman–Crippen MR) is 108 cm³/mol. The second-order valence-corrected chi connectivity index (χ2v) is 8.55. The summed E-state index contributed by atoms with van der Waals surface area (Å²) in [6, 6.07) is 16.1. The molecule has 4 aromatic rings. The summed E-state index contributed by atoms with van der Waals surface area (Å²) in [7, 11) is -4.14. The fourth-order valence-corrected chi connectivity index (χ4v) is 4.06. The Labute approximate surface area is 175 Å². The minimum atomic E-state index is -4.14. The highest BCUT2D eigenvalue weighted by Gasteiger charge is 2.29. The molecule has 5 nitrogen and oxygen atoms in total. The molecule has 9 heteroatoms. The van der Waals surface area contributed by atoms with E-state index in [4.69, 9.17) is 16.0 Å². The summed E-state index contributed by atoms with van der Waals surface area (Å²) in [4.78, 5) is 4.02. The van der Waals surface area contributed by atoms with Gasteiger partial charge in [0.15, 0.2) is 0 Å². The van der Waals surface area contributed by atoms with E-state index in [1.807, 2.05) is 0 Å². The molecule has 0 aliphatic heterocycles. The zero-order chi connectivity index (χ0) is 21.3. The van der Waals surface area contributed by atoms with Crippen LogP contribution in [-0.4, -0.2) is 13.4 Å². The monoisotopic (exact) mass is 446 g/mol. The SMILES string of the molecule is O=S(=O)(c1ccc(F)cc1)c1nc(-c2ccc(Cl)cc2)oc1Nc1ccc(F)cc1. The third-order valence-electron chi connectivity index (χ3n) is 4.17. The number of nitrogens with one attached hydrogen (secondary N) is 1. The van der Waals surface area contributed by atoms with Gasteiger partial charge in [0.05, 0.1) is 4.90 Å². The van der Waals surface area contributed by atoms with Crippen LogP contribution < -0.4 is 5.32 Å². The summed E-state index contributed by atoms with van der Waals surface area (Å²) in [5, 5.41) is 2.92. The minimum Gasteiger partial charge on any atom is -0.419 e. The van der Waals surface area contributed by atoms with Gasteiger partial charge in [-0.2, -0.15) is 4.98 Å². The fraction of sp³-hybridized carbons (Fsp3) is 0. The van der Waals surface area contributed by atoms with Crippen LogP contribution in [-0.2, 0) is 9.84 Å². The van der Waals surface area contributed by atoms with Crippen molar-refractivity contribution in [3.05, 3.63) is 89.5 Å². The number of sulfone groups is 1. The number of oxazole rings is 1. The second-order valence-electron chi connectivity index (χ2n) is 6.25. The molecule has 0 bridgehead atoms. The lowest BCUT2D eigenvalue weighted by Crippen LogP contribution is -2.05. The maximum Gasteiger partial charge on any atom is 0.238 e. The van der Waals surface area contributed by atoms with Crippen LogP contribution in [0.2, 0.25) is 5.02 Å². The summed E-state index contributed by atoms with van der Waals surface area (Å²) in [6.07, 6.45) is 0. The first-order valence-corrected chi connectivity index (χ1v) is 10.5. The van der Waals surface area contributed by atoms with E-state index in [2.05, 4.69) is 10.3 Å². The van der Waals surface area contributed by atoms with Crippen LogP contribution in [0.3, 0.4) is 0 Å². The molecule has 0 aliphatic carbocycles. The molecule has 0 amide bonds. The molecule has 30 heavy (non-hydrogen) atoms. The Morgan fingerprint density at radius 1 is 0.833 bits per heavy atom. The number of nitrogens with zero attached hydrogens (tertiary/aromatic N) is 1. The van der Waals surface area contributed by atoms with Crippen LogP contribution in [0.25, 0.3) is 11.5 Å². The van der Waals surface area contributed by atoms with Crippen molar-refractivity contribution >= 4 is 33.0 Å². The van der Waals surface area contributed by atoms with Gasteiger partial charge >= 0.3 is 0 Å². The van der Waals surface area contributed by atoms with E-state index in [0.29, 0.717) is 16.3 Å². The molecule has 0 unspecified atom stereocenters. The summed E-state index contributed by atoms with van der Waals surface area (Å²) in [6.45, 7) is 0. The van der Waals surface area contributed by atoms with Gasteiger partial charge in [-0.05, 0) is 72.8 Å². The Hall–Kier alpha value is -3.23. The number of aromatic nitrogens is 1. The number of anilines is 2. The largest absolute Gasteiger partial charge is 0.419 e. The molecule has 0 spiro atoms. The summed E-state index contributed by atoms with van der Waals surface area (Å²) >= 11 is 5.90. The first-order valence-electron chi connectivity index (χ1n) is 8.63. The van der Waals surface area contributed by atoms with E-state index >= 15 is 0 Å². The molecule has 1 aromatic heterocycles. The van der Waals surface area contributed by atoms with Crippen molar-refractivity contribution < 1.29 is 21.6 Å². The molecule has 1 heterocycles. The number of hydrogen-bond donors (Lipinski definition) is 1. The maximum absolute atomic E-state index is 13.3. The lowest BCUT2D eigenvalue weighted by Gasteiger charge is -2.06. The highest BCUT2D eigenvalue weighted by Crippen LogP contribution is 2.34. The molecule has 4 rings (SSSR count). The van der Waals surface area contributed by atoms with Crippen molar-refractivity contribution in [1.82, 2.24) is 4.98 Å². The van der Waals surface area contributed by atoms with E-state index in [-0.39, 0.29) is 21.7 Å². The van der Waals surface area contributed by atoms with Crippen molar-refractivity contribution in [1.29, 1.82) is 0 Å². The van der Waals surface area contributed by atoms with Gasteiger partial charge in [-0.15, -0.1) is 0 Å². The van der Waals surface area contributed by atoms with Gasteiger partial charge < -0.3 is 9.73 Å². The predicted octanol–water partition coefficient (Wildman–Crippen LogP) is 5.85. The van der Waals surface area contributed by atoms with Crippen molar-refractivity contribution in [2.24, 2.45) is 0 Å². The first-order chi connectivity index (χ1) is 14.3. The zero-order valence-corrected chi connectivity index (χ0v) is 16.7. The van der Waals surface area contributed by atoms with Gasteiger partial charge in [-0.25, -0.2) is 17.2 Å². The molecule has 152 valence electrons. The van der Waals surface area contributed by atoms with Crippen molar-refractivity contribution in [2.45, 2.75) is 9.92 Å². The summed E-state index contributed by atoms with van der Waals surface area (Å²) in [5.41, 5.74) is 0.896. The van der Waals surface area contributed by atoms with Gasteiger partial charge in [0.25, 0.3) is 0 Å². The van der Waals surface area contributed by atoms with Crippen LogP contribution >= 0.6 is 11.6 Å². The van der Waals surface area contributed by atoms with Crippen LogP contribution in [0, 0.1) is 11.6 Å². The molecule has 0 saturated heterocycles. The van der Waals surface area contributed by atoms with Crippen molar-refractivity contribution in [3.63, 3.8) is 0 Å². The van der Waals surface area contributed by atoms with E-state index in [9.17, 15) is 17.2 Å². The first kappa shape index (κ1) is 20.1. The average Bonchev–Trinajstić information content (AvgIpc) is 3.15. The second kappa shape index (κ2) is 7.89. The van der Waals surface area contributed by atoms with E-state index in [1.54, 1.807) is 24.3 Å². The van der Waals surface area contributed by atoms with E-state index in [1.165, 1.54) is 24.3 Å². The number of rotatable bonds is 5. The molecule has 1 N–H and O–H groups in total. The van der Waals surface area contributed by atoms with E-state index in [0.717, 1.165) is 24.3 Å². The molecule has 0 saturated carbocycles. The Bertz CT molecular complexity index is 1290. The Morgan fingerprint density at radius 2 is 1.40 bits per heavy atom. The molecule has 0 aliphatic rings. The number of halogens is 3. The van der Waals surface area contributed by atoms with Crippen LogP contribution in [0.15, 0.2) is 87.1 Å². The van der Waals surface area contributed by atoms with Gasteiger partial charge in [-0.1, -0.05) is 11.6 Å². The van der Waals surface area contributed by atoms with Crippen LogP contribution in [0.4, 0.5) is 20.4 Å². The van der Waals surface area contributed by atoms with Crippen molar-refractivity contribution in [3.8, 4) is 11.5 Å². The molecular formula is C21H13ClF2N2O3S. The molecule has 0 radical (unpaired) electrons. The third-order valence-corrected chi connectivity index (χ3v) is 6.10. The molecule has 3 aromatic carbocycles. The highest BCUT2D eigenvalue weighted by atomic mass is 35.5. The normalized spacial score (nSPS) is 11.4. The fourth-order valence-electron chi connectivity index (χ4n) is 2.67. The zero-order valence-electron chi connectivity index (χ0n) is 15.1. The standard InChI is InChI=1S/C21H13ClF2N2O3S/c22-14-3-1-13(2-4-14)19-26-21(30(27,28)18-11-7-16(24)8-12-18)20(29-19)25-17-9-5-15(23)6-10-17/h1-12,25H. The Kier molecular flexibility index (Phi) is 5.27. The Balaban J connectivity index is 1.83. The minimum absolute atomic E-state index is 0.0389. The molecular weight excluding hydrogens is 434 g/mol. The molecule has 0 fully saturated rings. The highest BCUT2D eigenvalue weighted by molar-refractivity contribution is 7.91. The van der Waals surface area contributed by atoms with Gasteiger partial charge in [0, 0.05) is 16.3 Å². The lowest BCUT2D eigenvalue weighted by molar-refractivity contribution is 0.581. The topological polar surface area (TPSA) is 72.2 Å². The van der Waals surface area contributed by atoms with Crippen LogP contribution in [0.1, 0.15) is 0 Å². The lowest BCUT2D eigenvalue weighted by atomic mass is 10.2. The maximum atomic E-state index is 13.3. The summed E-state index contributed by atoms with van der Waals surface area (Å²) < 4.78 is 58.4. The van der Waals surface area contributed by atoms with Gasteiger partial charge in [-0.3, -0.25) is 0 Å². The van der Waals surface area contributed by atoms with Gasteiger partial charge in [0.1, 0.15) is 11.6 Å². The van der Waals surface area contributed by atoms with Crippen LogP contribution in [0.5, 0.6) is 0 Å². The summed E-state index contributed by atoms with van der Waals surface area (Å²) in [5.74, 6) is -1.13. The van der Waals surface area contributed by atoms with E-state index < -0.39 is 21.5 Å². The smallest absolute Gasteiger partial charge is 0.238 e. The number of benzene rings is 3. The third kappa shape index (κ3) is 4.05. The molecule has 0 atom stereocenters. The van der Waals surface area contributed by atoms with Crippen molar-refractivity contribution in [2.75, 3.05) is 5.32 Å². The number of hydrogen-bond acceptors (Lipinski definition) is 5. The Morgan fingerprint density at radius 3 is 2.00 bits per heavy atom.